The largest absolute Gasteiger partial charge is 0.309 e. The second kappa shape index (κ2) is 12.2. The maximum Gasteiger partial charge on any atom is 0.0543 e. The number of hydrogen-bond acceptors (Lipinski definition) is 1. The van der Waals surface area contributed by atoms with E-state index in [0.717, 1.165) is 5.69 Å². The molecule has 0 aliphatic heterocycles. The Kier molecular flexibility index (Phi) is 7.79. The lowest BCUT2D eigenvalue weighted by Gasteiger charge is -2.31. The predicted octanol–water partition coefficient (Wildman–Crippen LogP) is 14.9. The standard InChI is InChI=1S/C53H52N2/c1-33-17-16-18-34(2)50(33)55(37-19-12-11-13-20-37)48-32-45-49(40-22-15-14-21-39(40)48)41-26-25-38(31-44(41)53(45,9)10)54-46-27-23-35(51(3,4)5)29-42(46)43-30-36(52(6,7)8)24-28-47(43)54/h11-32H,1-10H3. The van der Waals surface area contributed by atoms with E-state index in [4.69, 9.17) is 0 Å². The first-order chi connectivity index (χ1) is 26.1. The normalized spacial score (nSPS) is 13.8. The van der Waals surface area contributed by atoms with Crippen LogP contribution < -0.4 is 4.90 Å². The van der Waals surface area contributed by atoms with E-state index in [0.29, 0.717) is 0 Å². The fraction of sp³-hybridized carbons (Fsp3) is 0.245. The minimum Gasteiger partial charge on any atom is -0.309 e. The lowest BCUT2D eigenvalue weighted by Crippen LogP contribution is -2.18. The van der Waals surface area contributed by atoms with Crippen LogP contribution in [0, 0.1) is 13.8 Å². The Bertz CT molecular complexity index is 2730. The lowest BCUT2D eigenvalue weighted by atomic mass is 9.81. The van der Waals surface area contributed by atoms with Gasteiger partial charge in [0.05, 0.1) is 22.4 Å². The monoisotopic (exact) mass is 716 g/mol. The molecule has 274 valence electrons. The molecule has 0 unspecified atom stereocenters. The summed E-state index contributed by atoms with van der Waals surface area (Å²) in [6, 6.07) is 50.5. The van der Waals surface area contributed by atoms with Crippen molar-refractivity contribution in [3.8, 4) is 16.8 Å². The Morgan fingerprint density at radius 1 is 0.509 bits per heavy atom. The summed E-state index contributed by atoms with van der Waals surface area (Å²) in [5.41, 5.74) is 17.9. The molecule has 0 saturated carbocycles. The molecule has 1 aliphatic rings. The van der Waals surface area contributed by atoms with Gasteiger partial charge < -0.3 is 9.47 Å². The van der Waals surface area contributed by atoms with Gasteiger partial charge in [-0.25, -0.2) is 0 Å². The highest BCUT2D eigenvalue weighted by Gasteiger charge is 2.38. The quantitative estimate of drug-likeness (QED) is 0.176. The maximum absolute atomic E-state index is 2.50. The fourth-order valence-corrected chi connectivity index (χ4v) is 9.23. The Hall–Kier alpha value is -5.60. The number of para-hydroxylation sites is 2. The highest BCUT2D eigenvalue weighted by molar-refractivity contribution is 6.12. The minimum absolute atomic E-state index is 0.0588. The van der Waals surface area contributed by atoms with Gasteiger partial charge in [-0.15, -0.1) is 0 Å². The first-order valence-corrected chi connectivity index (χ1v) is 19.9. The van der Waals surface area contributed by atoms with Crippen LogP contribution >= 0.6 is 0 Å². The van der Waals surface area contributed by atoms with Crippen LogP contribution in [0.5, 0.6) is 0 Å². The molecule has 0 radical (unpaired) electrons. The molecule has 0 spiro atoms. The summed E-state index contributed by atoms with van der Waals surface area (Å²) in [7, 11) is 0. The van der Waals surface area contributed by atoms with E-state index in [1.807, 2.05) is 0 Å². The van der Waals surface area contributed by atoms with E-state index < -0.39 is 0 Å². The second-order valence-electron chi connectivity index (χ2n) is 18.4. The molecule has 0 atom stereocenters. The molecule has 7 aromatic carbocycles. The van der Waals surface area contributed by atoms with Crippen LogP contribution in [-0.4, -0.2) is 4.57 Å². The van der Waals surface area contributed by atoms with Gasteiger partial charge in [0, 0.05) is 32.9 Å². The number of anilines is 3. The zero-order valence-electron chi connectivity index (χ0n) is 34.1. The van der Waals surface area contributed by atoms with Gasteiger partial charge in [0.15, 0.2) is 0 Å². The molecule has 0 amide bonds. The van der Waals surface area contributed by atoms with E-state index in [-0.39, 0.29) is 16.2 Å². The summed E-state index contributed by atoms with van der Waals surface area (Å²) >= 11 is 0. The Labute approximate surface area is 327 Å². The van der Waals surface area contributed by atoms with Gasteiger partial charge in [-0.1, -0.05) is 134 Å². The number of hydrogen-bond donors (Lipinski definition) is 0. The number of fused-ring (bicyclic) bond motifs is 8. The summed E-state index contributed by atoms with van der Waals surface area (Å²) < 4.78 is 2.50. The molecule has 55 heavy (non-hydrogen) atoms. The smallest absolute Gasteiger partial charge is 0.0543 e. The van der Waals surface area contributed by atoms with E-state index in [9.17, 15) is 0 Å². The third-order valence-electron chi connectivity index (χ3n) is 12.3. The van der Waals surface area contributed by atoms with E-state index in [2.05, 4.69) is 212 Å². The summed E-state index contributed by atoms with van der Waals surface area (Å²) in [6.07, 6.45) is 0. The second-order valence-corrected chi connectivity index (χ2v) is 18.4. The van der Waals surface area contributed by atoms with Crippen LogP contribution in [0.1, 0.15) is 88.8 Å². The summed E-state index contributed by atoms with van der Waals surface area (Å²) in [4.78, 5) is 2.49. The molecule has 2 heteroatoms. The predicted molar refractivity (Wildman–Crippen MR) is 237 cm³/mol. The molecule has 9 rings (SSSR count). The van der Waals surface area contributed by atoms with Crippen LogP contribution in [0.15, 0.2) is 133 Å². The Morgan fingerprint density at radius 2 is 1.07 bits per heavy atom. The molecular formula is C53H52N2. The molecule has 0 fully saturated rings. The van der Waals surface area contributed by atoms with Gasteiger partial charge in [0.1, 0.15) is 0 Å². The van der Waals surface area contributed by atoms with E-state index in [1.165, 1.54) is 94.1 Å². The van der Waals surface area contributed by atoms with Gasteiger partial charge in [-0.05, 0) is 129 Å². The van der Waals surface area contributed by atoms with Crippen LogP contribution in [0.3, 0.4) is 0 Å². The van der Waals surface area contributed by atoms with Crippen molar-refractivity contribution in [2.24, 2.45) is 0 Å². The molecule has 0 N–H and O–H groups in total. The SMILES string of the molecule is Cc1cccc(C)c1N(c1ccccc1)c1cc2c(c3ccccc13)-c1ccc(-n3c4ccc(C(C)(C)C)cc4c4cc(C(C)(C)C)ccc43)cc1C2(C)C. The lowest BCUT2D eigenvalue weighted by molar-refractivity contribution is 0.590. The third kappa shape index (κ3) is 5.44. The van der Waals surface area contributed by atoms with Crippen LogP contribution in [-0.2, 0) is 16.2 Å². The summed E-state index contributed by atoms with van der Waals surface area (Å²) in [5.74, 6) is 0. The number of aryl methyl sites for hydroxylation is 2. The average molecular weight is 717 g/mol. The Balaban J connectivity index is 1.28. The van der Waals surface area contributed by atoms with Gasteiger partial charge in [-0.3, -0.25) is 0 Å². The van der Waals surface area contributed by atoms with Gasteiger partial charge >= 0.3 is 0 Å². The molecule has 2 nitrogen and oxygen atoms in total. The van der Waals surface area contributed by atoms with Gasteiger partial charge in [-0.2, -0.15) is 0 Å². The van der Waals surface area contributed by atoms with Crippen molar-refractivity contribution in [3.05, 3.63) is 167 Å². The van der Waals surface area contributed by atoms with Crippen molar-refractivity contribution < 1.29 is 0 Å². The zero-order chi connectivity index (χ0) is 38.6. The molecule has 8 aromatic rings. The number of rotatable bonds is 4. The molecular weight excluding hydrogens is 665 g/mol. The average Bonchev–Trinajstić information content (AvgIpc) is 3.60. The number of benzene rings is 7. The van der Waals surface area contributed by atoms with Gasteiger partial charge in [0.25, 0.3) is 0 Å². The van der Waals surface area contributed by atoms with Gasteiger partial charge in [0.2, 0.25) is 0 Å². The van der Waals surface area contributed by atoms with Crippen LogP contribution in [0.25, 0.3) is 49.4 Å². The molecule has 1 aliphatic carbocycles. The fourth-order valence-electron chi connectivity index (χ4n) is 9.23. The highest BCUT2D eigenvalue weighted by atomic mass is 15.1. The topological polar surface area (TPSA) is 8.17 Å². The van der Waals surface area contributed by atoms with Crippen molar-refractivity contribution in [1.82, 2.24) is 4.57 Å². The molecule has 1 heterocycles. The summed E-state index contributed by atoms with van der Waals surface area (Å²) in [6.45, 7) is 23.2. The van der Waals surface area contributed by atoms with Crippen LogP contribution in [0.4, 0.5) is 17.1 Å². The number of aromatic nitrogens is 1. The highest BCUT2D eigenvalue weighted by Crippen LogP contribution is 2.55. The molecule has 1 aromatic heterocycles. The molecule has 0 bridgehead atoms. The van der Waals surface area contributed by atoms with Crippen molar-refractivity contribution in [2.75, 3.05) is 4.90 Å². The van der Waals surface area contributed by atoms with E-state index in [1.54, 1.807) is 0 Å². The minimum atomic E-state index is -0.236. The van der Waals surface area contributed by atoms with Crippen molar-refractivity contribution >= 4 is 49.6 Å². The maximum atomic E-state index is 2.50. The first kappa shape index (κ1) is 35.1. The Morgan fingerprint density at radius 3 is 1.65 bits per heavy atom. The number of nitrogens with zero attached hydrogens (tertiary/aromatic N) is 2. The van der Waals surface area contributed by atoms with Crippen LogP contribution in [0.2, 0.25) is 0 Å². The summed E-state index contributed by atoms with van der Waals surface area (Å²) in [5, 5.41) is 5.19. The zero-order valence-corrected chi connectivity index (χ0v) is 34.1. The first-order valence-electron chi connectivity index (χ1n) is 19.9. The third-order valence-corrected chi connectivity index (χ3v) is 12.3. The van der Waals surface area contributed by atoms with E-state index >= 15 is 0 Å². The van der Waals surface area contributed by atoms with Crippen molar-refractivity contribution in [2.45, 2.75) is 85.5 Å². The molecule has 0 saturated heterocycles. The van der Waals surface area contributed by atoms with Crippen molar-refractivity contribution in [1.29, 1.82) is 0 Å². The van der Waals surface area contributed by atoms with Crippen molar-refractivity contribution in [3.63, 3.8) is 0 Å².